The number of nitrogens with zero attached hydrogens (tertiary/aromatic N) is 1. The number of aliphatic hydroxyl groups is 1. The first-order valence-electron chi connectivity index (χ1n) is 5.46. The van der Waals surface area contributed by atoms with Gasteiger partial charge in [0.05, 0.1) is 13.2 Å². The second-order valence-corrected chi connectivity index (χ2v) is 3.81. The average molecular weight is 257 g/mol. The summed E-state index contributed by atoms with van der Waals surface area (Å²) in [5.41, 5.74) is 0. The molecule has 0 saturated heterocycles. The van der Waals surface area contributed by atoms with E-state index in [1.165, 1.54) is 0 Å². The van der Waals surface area contributed by atoms with Crippen LogP contribution >= 0.6 is 0 Å². The van der Waals surface area contributed by atoms with E-state index in [-0.39, 0.29) is 13.0 Å². The van der Waals surface area contributed by atoms with Gasteiger partial charge in [0.15, 0.2) is 0 Å². The Bertz CT molecular complexity index is 233. The summed E-state index contributed by atoms with van der Waals surface area (Å²) in [7, 11) is 0. The molecule has 1 unspecified atom stereocenters. The van der Waals surface area contributed by atoms with Crippen LogP contribution in [0.3, 0.4) is 0 Å². The van der Waals surface area contributed by atoms with Gasteiger partial charge in [-0.05, 0) is 6.42 Å². The number of rotatable bonds is 8. The number of hydrogen-bond donors (Lipinski definition) is 2. The predicted molar refractivity (Wildman–Crippen MR) is 55.7 cm³/mol. The molecule has 1 atom stereocenters. The molecule has 0 rings (SSSR count). The molecular formula is C10H18F3NO3. The SMILES string of the molecule is CCCCC(C(=O)O)N(CCO)CC(F)(F)F. The molecule has 0 bridgehead atoms. The molecule has 102 valence electrons. The maximum atomic E-state index is 12.3. The zero-order valence-electron chi connectivity index (χ0n) is 9.70. The van der Waals surface area contributed by atoms with Gasteiger partial charge in [0.25, 0.3) is 0 Å². The Morgan fingerprint density at radius 2 is 2.00 bits per heavy atom. The van der Waals surface area contributed by atoms with Crippen LogP contribution in [0.2, 0.25) is 0 Å². The fourth-order valence-corrected chi connectivity index (χ4v) is 1.56. The first kappa shape index (κ1) is 16.2. The summed E-state index contributed by atoms with van der Waals surface area (Å²) >= 11 is 0. The van der Waals surface area contributed by atoms with E-state index in [9.17, 15) is 18.0 Å². The highest BCUT2D eigenvalue weighted by atomic mass is 19.4. The zero-order valence-corrected chi connectivity index (χ0v) is 9.70. The van der Waals surface area contributed by atoms with Gasteiger partial charge in [-0.2, -0.15) is 13.2 Å². The lowest BCUT2D eigenvalue weighted by Crippen LogP contribution is -2.47. The Labute approximate surface area is 98.0 Å². The van der Waals surface area contributed by atoms with Gasteiger partial charge < -0.3 is 10.2 Å². The molecule has 0 aromatic carbocycles. The van der Waals surface area contributed by atoms with Crippen LogP contribution in [0, 0.1) is 0 Å². The molecule has 2 N–H and O–H groups in total. The molecule has 0 radical (unpaired) electrons. The third kappa shape index (κ3) is 7.17. The van der Waals surface area contributed by atoms with Crippen LogP contribution < -0.4 is 0 Å². The third-order valence-electron chi connectivity index (χ3n) is 2.33. The van der Waals surface area contributed by atoms with Crippen LogP contribution in [-0.2, 0) is 4.79 Å². The van der Waals surface area contributed by atoms with Crippen molar-refractivity contribution < 1.29 is 28.2 Å². The molecule has 0 fully saturated rings. The van der Waals surface area contributed by atoms with E-state index in [2.05, 4.69) is 0 Å². The average Bonchev–Trinajstić information content (AvgIpc) is 2.15. The molecule has 0 aliphatic rings. The Kier molecular flexibility index (Phi) is 7.13. The van der Waals surface area contributed by atoms with E-state index in [1.807, 2.05) is 6.92 Å². The van der Waals surface area contributed by atoms with Crippen molar-refractivity contribution in [3.63, 3.8) is 0 Å². The molecule has 0 amide bonds. The highest BCUT2D eigenvalue weighted by Gasteiger charge is 2.35. The quantitative estimate of drug-likeness (QED) is 0.691. The lowest BCUT2D eigenvalue weighted by molar-refractivity contribution is -0.162. The number of aliphatic carboxylic acids is 1. The number of hydrogen-bond acceptors (Lipinski definition) is 3. The van der Waals surface area contributed by atoms with Crippen molar-refractivity contribution in [2.75, 3.05) is 19.7 Å². The van der Waals surface area contributed by atoms with E-state index in [1.54, 1.807) is 0 Å². The number of carbonyl (C=O) groups is 1. The number of carboxylic acid groups (broad SMARTS) is 1. The molecule has 0 spiro atoms. The predicted octanol–water partition coefficient (Wildman–Crippen LogP) is 1.49. The highest BCUT2D eigenvalue weighted by Crippen LogP contribution is 2.19. The Morgan fingerprint density at radius 3 is 2.35 bits per heavy atom. The largest absolute Gasteiger partial charge is 0.480 e. The summed E-state index contributed by atoms with van der Waals surface area (Å²) in [4.78, 5) is 11.7. The normalized spacial score (nSPS) is 14.0. The molecule has 0 aliphatic carbocycles. The summed E-state index contributed by atoms with van der Waals surface area (Å²) in [5, 5.41) is 17.6. The van der Waals surface area contributed by atoms with Crippen molar-refractivity contribution in [3.05, 3.63) is 0 Å². The van der Waals surface area contributed by atoms with Crippen LogP contribution in [0.4, 0.5) is 13.2 Å². The lowest BCUT2D eigenvalue weighted by Gasteiger charge is -2.28. The summed E-state index contributed by atoms with van der Waals surface area (Å²) in [6.45, 7) is -0.264. The van der Waals surface area contributed by atoms with E-state index in [4.69, 9.17) is 10.2 Å². The smallest absolute Gasteiger partial charge is 0.401 e. The van der Waals surface area contributed by atoms with Crippen molar-refractivity contribution >= 4 is 5.97 Å². The van der Waals surface area contributed by atoms with Gasteiger partial charge in [-0.25, -0.2) is 0 Å². The second-order valence-electron chi connectivity index (χ2n) is 3.81. The van der Waals surface area contributed by atoms with Gasteiger partial charge in [-0.15, -0.1) is 0 Å². The highest BCUT2D eigenvalue weighted by molar-refractivity contribution is 5.73. The van der Waals surface area contributed by atoms with Crippen molar-refractivity contribution in [2.45, 2.75) is 38.4 Å². The van der Waals surface area contributed by atoms with E-state index >= 15 is 0 Å². The van der Waals surface area contributed by atoms with Crippen molar-refractivity contribution in [3.8, 4) is 0 Å². The second kappa shape index (κ2) is 7.50. The molecule has 0 heterocycles. The molecule has 7 heteroatoms. The topological polar surface area (TPSA) is 60.8 Å². The van der Waals surface area contributed by atoms with Crippen LogP contribution in [0.15, 0.2) is 0 Å². The number of alkyl halides is 3. The van der Waals surface area contributed by atoms with Gasteiger partial charge in [0.2, 0.25) is 0 Å². The fraction of sp³-hybridized carbons (Fsp3) is 0.900. The minimum Gasteiger partial charge on any atom is -0.480 e. The fourth-order valence-electron chi connectivity index (χ4n) is 1.56. The Balaban J connectivity index is 4.64. The van der Waals surface area contributed by atoms with Gasteiger partial charge in [-0.1, -0.05) is 19.8 Å². The molecular weight excluding hydrogens is 239 g/mol. The standard InChI is InChI=1S/C10H18F3NO3/c1-2-3-4-8(9(16)17)14(5-6-15)7-10(11,12)13/h8,15H,2-7H2,1H3,(H,16,17). The number of carboxylic acids is 1. The first-order chi connectivity index (χ1) is 7.81. The minimum atomic E-state index is -4.46. The molecule has 0 aromatic heterocycles. The minimum absolute atomic E-state index is 0.155. The maximum Gasteiger partial charge on any atom is 0.401 e. The summed E-state index contributed by atoms with van der Waals surface area (Å²) in [6.07, 6.45) is -3.06. The molecule has 0 aliphatic heterocycles. The van der Waals surface area contributed by atoms with Crippen LogP contribution in [-0.4, -0.2) is 53.0 Å². The lowest BCUT2D eigenvalue weighted by atomic mass is 10.1. The van der Waals surface area contributed by atoms with E-state index in [0.29, 0.717) is 12.8 Å². The Morgan fingerprint density at radius 1 is 1.41 bits per heavy atom. The molecule has 4 nitrogen and oxygen atoms in total. The first-order valence-corrected chi connectivity index (χ1v) is 5.46. The summed E-state index contributed by atoms with van der Waals surface area (Å²) in [5.74, 6) is -1.28. The van der Waals surface area contributed by atoms with Crippen molar-refractivity contribution in [2.24, 2.45) is 0 Å². The van der Waals surface area contributed by atoms with Crippen LogP contribution in [0.5, 0.6) is 0 Å². The van der Waals surface area contributed by atoms with Gasteiger partial charge in [0.1, 0.15) is 6.04 Å². The Hall–Kier alpha value is -0.820. The van der Waals surface area contributed by atoms with Gasteiger partial charge >= 0.3 is 12.1 Å². The number of halogens is 3. The monoisotopic (exact) mass is 257 g/mol. The molecule has 0 saturated carbocycles. The molecule has 0 aromatic rings. The molecule has 17 heavy (non-hydrogen) atoms. The zero-order chi connectivity index (χ0) is 13.5. The summed E-state index contributed by atoms with van der Waals surface area (Å²) in [6, 6.07) is -1.19. The summed E-state index contributed by atoms with van der Waals surface area (Å²) < 4.78 is 36.8. The van der Waals surface area contributed by atoms with Crippen LogP contribution in [0.1, 0.15) is 26.2 Å². The number of aliphatic hydroxyl groups excluding tert-OH is 1. The van der Waals surface area contributed by atoms with Crippen molar-refractivity contribution in [1.82, 2.24) is 4.90 Å². The third-order valence-corrected chi connectivity index (χ3v) is 2.33. The van der Waals surface area contributed by atoms with Gasteiger partial charge in [-0.3, -0.25) is 9.69 Å². The van der Waals surface area contributed by atoms with E-state index < -0.39 is 31.3 Å². The van der Waals surface area contributed by atoms with Crippen LogP contribution in [0.25, 0.3) is 0 Å². The van der Waals surface area contributed by atoms with E-state index in [0.717, 1.165) is 4.90 Å². The maximum absolute atomic E-state index is 12.3. The van der Waals surface area contributed by atoms with Gasteiger partial charge in [0, 0.05) is 6.54 Å². The number of unbranched alkanes of at least 4 members (excludes halogenated alkanes) is 1. The van der Waals surface area contributed by atoms with Crippen molar-refractivity contribution in [1.29, 1.82) is 0 Å².